The second kappa shape index (κ2) is 7.54. The lowest BCUT2D eigenvalue weighted by molar-refractivity contribution is 0.0635. The van der Waals surface area contributed by atoms with Crippen molar-refractivity contribution in [2.45, 2.75) is 45.6 Å². The highest BCUT2D eigenvalue weighted by Crippen LogP contribution is 2.26. The molecule has 0 aliphatic heterocycles. The predicted molar refractivity (Wildman–Crippen MR) is 100 cm³/mol. The first kappa shape index (κ1) is 20.0. The van der Waals surface area contributed by atoms with Gasteiger partial charge in [0.1, 0.15) is 23.1 Å². The van der Waals surface area contributed by atoms with Gasteiger partial charge in [-0.1, -0.05) is 6.07 Å². The maximum atomic E-state index is 12.9. The van der Waals surface area contributed by atoms with E-state index >= 15 is 0 Å². The van der Waals surface area contributed by atoms with Gasteiger partial charge in [0.15, 0.2) is 5.78 Å². The summed E-state index contributed by atoms with van der Waals surface area (Å²) in [4.78, 5) is 33.0. The van der Waals surface area contributed by atoms with Crippen molar-refractivity contribution in [3.8, 4) is 6.07 Å². The van der Waals surface area contributed by atoms with Crippen LogP contribution in [0.4, 0.5) is 10.5 Å². The molecule has 0 saturated carbocycles. The molecule has 0 unspecified atom stereocenters. The minimum atomic E-state index is -0.958. The monoisotopic (exact) mass is 366 g/mol. The highest BCUT2D eigenvalue weighted by Gasteiger charge is 2.33. The Morgan fingerprint density at radius 3 is 2.37 bits per heavy atom. The van der Waals surface area contributed by atoms with Gasteiger partial charge in [-0.25, -0.2) is 9.78 Å². The number of nitrogens with zero attached hydrogens (tertiary/aromatic N) is 3. The number of ether oxygens (including phenoxy) is 1. The fraction of sp³-hybridized carbons (Fsp3) is 0.350. The van der Waals surface area contributed by atoms with Crippen LogP contribution < -0.4 is 5.32 Å². The smallest absolute Gasteiger partial charge is 0.412 e. The van der Waals surface area contributed by atoms with E-state index in [4.69, 9.17) is 10.00 Å². The Balaban J connectivity index is 2.17. The number of nitrogens with one attached hydrogen (secondary N) is 1. The van der Waals surface area contributed by atoms with Crippen LogP contribution in [0.3, 0.4) is 0 Å². The summed E-state index contributed by atoms with van der Waals surface area (Å²) in [5, 5.41) is 11.6. The van der Waals surface area contributed by atoms with Gasteiger partial charge in [-0.2, -0.15) is 5.26 Å². The van der Waals surface area contributed by atoms with Crippen LogP contribution in [0.1, 0.15) is 56.5 Å². The summed E-state index contributed by atoms with van der Waals surface area (Å²) in [5.74, 6) is -0.242. The summed E-state index contributed by atoms with van der Waals surface area (Å²) < 4.78 is 5.17. The molecule has 2 aromatic heterocycles. The fourth-order valence-corrected chi connectivity index (χ4v) is 2.31. The van der Waals surface area contributed by atoms with Crippen molar-refractivity contribution in [1.82, 2.24) is 9.97 Å². The quantitative estimate of drug-likeness (QED) is 0.824. The number of hydrogen-bond donors (Lipinski definition) is 1. The largest absolute Gasteiger partial charge is 0.444 e. The Morgan fingerprint density at radius 2 is 1.81 bits per heavy atom. The Labute approximate surface area is 158 Å². The van der Waals surface area contributed by atoms with E-state index in [9.17, 15) is 9.59 Å². The average molecular weight is 366 g/mol. The normalized spacial score (nSPS) is 11.4. The van der Waals surface area contributed by atoms with E-state index in [0.717, 1.165) is 0 Å². The van der Waals surface area contributed by atoms with Gasteiger partial charge in [0, 0.05) is 0 Å². The highest BCUT2D eigenvalue weighted by molar-refractivity contribution is 6.02. The maximum Gasteiger partial charge on any atom is 0.412 e. The molecule has 7 heteroatoms. The number of anilines is 1. The van der Waals surface area contributed by atoms with Gasteiger partial charge in [-0.3, -0.25) is 15.1 Å². The molecule has 2 aromatic rings. The van der Waals surface area contributed by atoms with Gasteiger partial charge >= 0.3 is 6.09 Å². The lowest BCUT2D eigenvalue weighted by atomic mass is 9.82. The van der Waals surface area contributed by atoms with Crippen LogP contribution in [-0.2, 0) is 10.2 Å². The number of ketones is 1. The molecule has 0 radical (unpaired) electrons. The second-order valence-electron chi connectivity index (χ2n) is 7.53. The zero-order valence-electron chi connectivity index (χ0n) is 16.0. The van der Waals surface area contributed by atoms with Crippen molar-refractivity contribution in [3.63, 3.8) is 0 Å². The van der Waals surface area contributed by atoms with Gasteiger partial charge in [0.25, 0.3) is 0 Å². The zero-order chi connectivity index (χ0) is 20.2. The highest BCUT2D eigenvalue weighted by atomic mass is 16.6. The summed E-state index contributed by atoms with van der Waals surface area (Å²) >= 11 is 0. The first-order chi connectivity index (χ1) is 12.5. The first-order valence-corrected chi connectivity index (χ1v) is 8.41. The molecule has 7 nitrogen and oxygen atoms in total. The van der Waals surface area contributed by atoms with Gasteiger partial charge in [-0.05, 0) is 58.9 Å². The second-order valence-corrected chi connectivity index (χ2v) is 7.53. The fourth-order valence-electron chi connectivity index (χ4n) is 2.31. The first-order valence-electron chi connectivity index (χ1n) is 8.41. The molecular formula is C20H22N4O3. The number of nitriles is 1. The number of pyridine rings is 2. The SMILES string of the molecule is CC(C)(C)OC(=O)Nc1ccc(C(=O)C(C)(C)c2cccc(C#N)n2)nc1. The Kier molecular flexibility index (Phi) is 5.60. The molecular weight excluding hydrogens is 344 g/mol. The van der Waals surface area contributed by atoms with E-state index in [1.807, 2.05) is 6.07 Å². The number of aromatic nitrogens is 2. The van der Waals surface area contributed by atoms with E-state index in [1.54, 1.807) is 58.9 Å². The molecule has 0 aromatic carbocycles. The number of rotatable bonds is 4. The van der Waals surface area contributed by atoms with E-state index in [-0.39, 0.29) is 17.2 Å². The van der Waals surface area contributed by atoms with Crippen LogP contribution in [0.15, 0.2) is 36.5 Å². The van der Waals surface area contributed by atoms with Crippen LogP contribution in [-0.4, -0.2) is 27.4 Å². The van der Waals surface area contributed by atoms with Crippen LogP contribution in [0, 0.1) is 11.3 Å². The number of Topliss-reactive ketones (excluding diaryl/α,β-unsaturated/α-hetero) is 1. The summed E-state index contributed by atoms with van der Waals surface area (Å²) in [6.07, 6.45) is 0.799. The van der Waals surface area contributed by atoms with Crippen molar-refractivity contribution in [3.05, 3.63) is 53.6 Å². The predicted octanol–water partition coefficient (Wildman–Crippen LogP) is 3.86. The van der Waals surface area contributed by atoms with Gasteiger partial charge in [0.2, 0.25) is 0 Å². The molecule has 1 N–H and O–H groups in total. The number of amides is 1. The number of carbonyl (C=O) groups is 2. The van der Waals surface area contributed by atoms with Gasteiger partial charge in [0.05, 0.1) is 23.0 Å². The Morgan fingerprint density at radius 1 is 1.11 bits per heavy atom. The molecule has 1 amide bonds. The van der Waals surface area contributed by atoms with Crippen molar-refractivity contribution >= 4 is 17.6 Å². The third-order valence-electron chi connectivity index (χ3n) is 3.71. The Bertz CT molecular complexity index is 891. The summed E-state index contributed by atoms with van der Waals surface area (Å²) in [5.41, 5.74) is -0.174. The number of hydrogen-bond acceptors (Lipinski definition) is 6. The average Bonchev–Trinajstić information content (AvgIpc) is 2.60. The van der Waals surface area contributed by atoms with Crippen LogP contribution in [0.2, 0.25) is 0 Å². The van der Waals surface area contributed by atoms with E-state index in [1.165, 1.54) is 12.3 Å². The van der Waals surface area contributed by atoms with E-state index in [2.05, 4.69) is 15.3 Å². The lowest BCUT2D eigenvalue weighted by Crippen LogP contribution is -2.31. The summed E-state index contributed by atoms with van der Waals surface area (Å²) in [6.45, 7) is 8.76. The van der Waals surface area contributed by atoms with Crippen molar-refractivity contribution in [2.75, 3.05) is 5.32 Å². The molecule has 0 fully saturated rings. The van der Waals surface area contributed by atoms with E-state index < -0.39 is 17.1 Å². The van der Waals surface area contributed by atoms with Crippen LogP contribution in [0.5, 0.6) is 0 Å². The van der Waals surface area contributed by atoms with Crippen LogP contribution in [0.25, 0.3) is 0 Å². The molecule has 140 valence electrons. The molecule has 0 saturated heterocycles. The molecule has 2 heterocycles. The Hall–Kier alpha value is -3.27. The van der Waals surface area contributed by atoms with E-state index in [0.29, 0.717) is 11.4 Å². The molecule has 0 atom stereocenters. The third-order valence-corrected chi connectivity index (χ3v) is 3.71. The minimum Gasteiger partial charge on any atom is -0.444 e. The molecule has 27 heavy (non-hydrogen) atoms. The third kappa shape index (κ3) is 5.11. The van der Waals surface area contributed by atoms with Crippen LogP contribution >= 0.6 is 0 Å². The van der Waals surface area contributed by atoms with Gasteiger partial charge in [-0.15, -0.1) is 0 Å². The van der Waals surface area contributed by atoms with Crippen molar-refractivity contribution in [2.24, 2.45) is 0 Å². The molecule has 0 bridgehead atoms. The molecule has 2 rings (SSSR count). The van der Waals surface area contributed by atoms with Gasteiger partial charge < -0.3 is 4.74 Å². The molecule has 0 aliphatic rings. The maximum absolute atomic E-state index is 12.9. The lowest BCUT2D eigenvalue weighted by Gasteiger charge is -2.22. The summed E-state index contributed by atoms with van der Waals surface area (Å²) in [7, 11) is 0. The standard InChI is InChI=1S/C20H22N4O3/c1-19(2,3)27-18(26)24-14-9-10-15(22-12-14)17(25)20(4,5)16-8-6-7-13(11-21)23-16/h6-10,12H,1-5H3,(H,24,26). The minimum absolute atomic E-state index is 0.235. The topological polar surface area (TPSA) is 105 Å². The zero-order valence-corrected chi connectivity index (χ0v) is 16.0. The van der Waals surface area contributed by atoms with Crippen molar-refractivity contribution < 1.29 is 14.3 Å². The molecule has 0 spiro atoms. The number of carbonyl (C=O) groups excluding carboxylic acids is 2. The molecule has 0 aliphatic carbocycles. The van der Waals surface area contributed by atoms with Crippen molar-refractivity contribution in [1.29, 1.82) is 5.26 Å². The summed E-state index contributed by atoms with van der Waals surface area (Å²) in [6, 6.07) is 10.1.